The zero-order valence-electron chi connectivity index (χ0n) is 15.5. The first-order valence-electron chi connectivity index (χ1n) is 8.80. The predicted octanol–water partition coefficient (Wildman–Crippen LogP) is 5.61. The van der Waals surface area contributed by atoms with E-state index in [1.165, 1.54) is 11.3 Å². The van der Waals surface area contributed by atoms with Gasteiger partial charge in [0.15, 0.2) is 5.13 Å². The molecule has 0 aliphatic rings. The number of nitrogens with zero attached hydrogens (tertiary/aromatic N) is 1. The minimum absolute atomic E-state index is 0.239. The number of fused-ring (bicyclic) bond motifs is 1. The minimum atomic E-state index is -0.239. The molecule has 4 aromatic rings. The lowest BCUT2D eigenvalue weighted by Gasteiger charge is -2.10. The number of hydrogen-bond acceptors (Lipinski definition) is 5. The molecule has 1 heterocycles. The van der Waals surface area contributed by atoms with Crippen LogP contribution in [0.1, 0.15) is 16.1 Å². The number of aryl methyl sites for hydroxylation is 1. The van der Waals surface area contributed by atoms with E-state index in [1.54, 1.807) is 12.5 Å². The van der Waals surface area contributed by atoms with E-state index in [1.807, 2.05) is 67.6 Å². The molecule has 0 spiro atoms. The van der Waals surface area contributed by atoms with E-state index < -0.39 is 0 Å². The van der Waals surface area contributed by atoms with Gasteiger partial charge in [0.1, 0.15) is 11.4 Å². The molecule has 0 atom stereocenters. The molecule has 28 heavy (non-hydrogen) atoms. The van der Waals surface area contributed by atoms with Crippen molar-refractivity contribution >= 4 is 44.5 Å². The van der Waals surface area contributed by atoms with Crippen LogP contribution in [0.25, 0.3) is 10.8 Å². The summed E-state index contributed by atoms with van der Waals surface area (Å²) in [6.45, 7) is 2.01. The van der Waals surface area contributed by atoms with Crippen molar-refractivity contribution in [3.05, 3.63) is 77.3 Å². The van der Waals surface area contributed by atoms with Crippen molar-refractivity contribution in [3.63, 3.8) is 0 Å². The standard InChI is InChI=1S/C22H19N3O2S/c1-14-10-11-20(27-2)18(12-14)24-22-25-19(13-28-22)21(26)23-17-9-5-7-15-6-3-4-8-16(15)17/h3-13H,1-2H3,(H,23,26)(H,24,25). The number of benzene rings is 3. The molecule has 1 amide bonds. The fourth-order valence-electron chi connectivity index (χ4n) is 2.99. The zero-order valence-corrected chi connectivity index (χ0v) is 16.3. The van der Waals surface area contributed by atoms with Crippen molar-refractivity contribution in [1.29, 1.82) is 0 Å². The molecule has 6 heteroatoms. The van der Waals surface area contributed by atoms with Gasteiger partial charge in [-0.1, -0.05) is 42.5 Å². The molecule has 3 aromatic carbocycles. The monoisotopic (exact) mass is 389 g/mol. The molecule has 0 aliphatic heterocycles. The van der Waals surface area contributed by atoms with Crippen LogP contribution in [0, 0.1) is 6.92 Å². The van der Waals surface area contributed by atoms with E-state index in [4.69, 9.17) is 4.74 Å². The second kappa shape index (κ2) is 7.70. The molecule has 0 aliphatic carbocycles. The van der Waals surface area contributed by atoms with Crippen LogP contribution in [0.3, 0.4) is 0 Å². The number of aromatic nitrogens is 1. The van der Waals surface area contributed by atoms with Crippen LogP contribution in [-0.4, -0.2) is 18.0 Å². The van der Waals surface area contributed by atoms with Gasteiger partial charge in [0, 0.05) is 16.5 Å². The summed E-state index contributed by atoms with van der Waals surface area (Å²) < 4.78 is 5.38. The maximum absolute atomic E-state index is 12.7. The van der Waals surface area contributed by atoms with Gasteiger partial charge in [-0.3, -0.25) is 4.79 Å². The van der Waals surface area contributed by atoms with Gasteiger partial charge in [-0.05, 0) is 36.1 Å². The SMILES string of the molecule is COc1ccc(C)cc1Nc1nc(C(=O)Nc2cccc3ccccc23)cs1. The van der Waals surface area contributed by atoms with Gasteiger partial charge < -0.3 is 15.4 Å². The number of amides is 1. The average Bonchev–Trinajstić information content (AvgIpc) is 3.17. The lowest BCUT2D eigenvalue weighted by atomic mass is 10.1. The smallest absolute Gasteiger partial charge is 0.275 e. The van der Waals surface area contributed by atoms with Crippen LogP contribution in [0.2, 0.25) is 0 Å². The Bertz CT molecular complexity index is 1150. The third-order valence-electron chi connectivity index (χ3n) is 4.37. The number of rotatable bonds is 5. The number of nitrogens with one attached hydrogen (secondary N) is 2. The summed E-state index contributed by atoms with van der Waals surface area (Å²) in [5.74, 6) is 0.486. The molecule has 0 saturated carbocycles. The molecule has 140 valence electrons. The quantitative estimate of drug-likeness (QED) is 0.466. The maximum atomic E-state index is 12.7. The Balaban J connectivity index is 1.54. The van der Waals surface area contributed by atoms with Crippen molar-refractivity contribution in [3.8, 4) is 5.75 Å². The Hall–Kier alpha value is -3.38. The number of methoxy groups -OCH3 is 1. The van der Waals surface area contributed by atoms with Crippen molar-refractivity contribution < 1.29 is 9.53 Å². The van der Waals surface area contributed by atoms with Gasteiger partial charge in [-0.25, -0.2) is 4.98 Å². The predicted molar refractivity (Wildman–Crippen MR) is 115 cm³/mol. The van der Waals surface area contributed by atoms with E-state index in [0.29, 0.717) is 10.8 Å². The van der Waals surface area contributed by atoms with Gasteiger partial charge in [-0.15, -0.1) is 11.3 Å². The highest BCUT2D eigenvalue weighted by Gasteiger charge is 2.13. The molecular formula is C22H19N3O2S. The summed E-state index contributed by atoms with van der Waals surface area (Å²) >= 11 is 1.37. The average molecular weight is 389 g/mol. The number of thiazole rings is 1. The first kappa shape index (κ1) is 18.0. The number of ether oxygens (including phenoxy) is 1. The van der Waals surface area contributed by atoms with Crippen LogP contribution in [0.15, 0.2) is 66.0 Å². The lowest BCUT2D eigenvalue weighted by molar-refractivity contribution is 0.102. The number of carbonyl (C=O) groups is 1. The highest BCUT2D eigenvalue weighted by Crippen LogP contribution is 2.30. The first-order valence-corrected chi connectivity index (χ1v) is 9.68. The van der Waals surface area contributed by atoms with E-state index in [9.17, 15) is 4.79 Å². The van der Waals surface area contributed by atoms with E-state index in [0.717, 1.165) is 33.5 Å². The summed E-state index contributed by atoms with van der Waals surface area (Å²) in [5.41, 5.74) is 3.06. The summed E-state index contributed by atoms with van der Waals surface area (Å²) in [4.78, 5) is 17.1. The fraction of sp³-hybridized carbons (Fsp3) is 0.0909. The molecule has 2 N–H and O–H groups in total. The summed E-state index contributed by atoms with van der Waals surface area (Å²) in [5, 5.41) is 10.6. The van der Waals surface area contributed by atoms with Gasteiger partial charge >= 0.3 is 0 Å². The van der Waals surface area contributed by atoms with Gasteiger partial charge in [0.2, 0.25) is 0 Å². The Morgan fingerprint density at radius 3 is 2.71 bits per heavy atom. The number of anilines is 3. The Kier molecular flexibility index (Phi) is 4.95. The summed E-state index contributed by atoms with van der Waals surface area (Å²) in [7, 11) is 1.63. The van der Waals surface area contributed by atoms with E-state index in [-0.39, 0.29) is 5.91 Å². The Morgan fingerprint density at radius 2 is 1.86 bits per heavy atom. The van der Waals surface area contributed by atoms with Gasteiger partial charge in [0.05, 0.1) is 12.8 Å². The topological polar surface area (TPSA) is 63.2 Å². The molecule has 0 bridgehead atoms. The third kappa shape index (κ3) is 3.68. The maximum Gasteiger partial charge on any atom is 0.275 e. The third-order valence-corrected chi connectivity index (χ3v) is 5.13. The second-order valence-electron chi connectivity index (χ2n) is 6.35. The number of hydrogen-bond donors (Lipinski definition) is 2. The largest absolute Gasteiger partial charge is 0.495 e. The molecule has 0 fully saturated rings. The van der Waals surface area contributed by atoms with Crippen molar-refractivity contribution in [2.45, 2.75) is 6.92 Å². The second-order valence-corrected chi connectivity index (χ2v) is 7.21. The van der Waals surface area contributed by atoms with Crippen molar-refractivity contribution in [2.24, 2.45) is 0 Å². The lowest BCUT2D eigenvalue weighted by Crippen LogP contribution is -2.12. The van der Waals surface area contributed by atoms with Crippen molar-refractivity contribution in [1.82, 2.24) is 4.98 Å². The van der Waals surface area contributed by atoms with Crippen LogP contribution in [0.4, 0.5) is 16.5 Å². The molecular weight excluding hydrogens is 370 g/mol. The van der Waals surface area contributed by atoms with E-state index in [2.05, 4.69) is 15.6 Å². The van der Waals surface area contributed by atoms with Crippen LogP contribution in [-0.2, 0) is 0 Å². The molecule has 1 aromatic heterocycles. The molecule has 4 rings (SSSR count). The van der Waals surface area contributed by atoms with Crippen LogP contribution >= 0.6 is 11.3 Å². The van der Waals surface area contributed by atoms with Gasteiger partial charge in [-0.2, -0.15) is 0 Å². The minimum Gasteiger partial charge on any atom is -0.495 e. The highest BCUT2D eigenvalue weighted by atomic mass is 32.1. The molecule has 0 radical (unpaired) electrons. The molecule has 0 unspecified atom stereocenters. The van der Waals surface area contributed by atoms with E-state index >= 15 is 0 Å². The summed E-state index contributed by atoms with van der Waals surface area (Å²) in [6, 6.07) is 19.6. The van der Waals surface area contributed by atoms with Gasteiger partial charge in [0.25, 0.3) is 5.91 Å². The van der Waals surface area contributed by atoms with Crippen molar-refractivity contribution in [2.75, 3.05) is 17.7 Å². The Morgan fingerprint density at radius 1 is 1.04 bits per heavy atom. The molecule has 0 saturated heterocycles. The van der Waals surface area contributed by atoms with Crippen LogP contribution < -0.4 is 15.4 Å². The Labute approximate surface area is 167 Å². The van der Waals surface area contributed by atoms with Crippen LogP contribution in [0.5, 0.6) is 5.75 Å². The number of carbonyl (C=O) groups excluding carboxylic acids is 1. The first-order chi connectivity index (χ1) is 13.6. The zero-order chi connectivity index (χ0) is 19.5. The normalized spacial score (nSPS) is 10.6. The highest BCUT2D eigenvalue weighted by molar-refractivity contribution is 7.14. The molecule has 5 nitrogen and oxygen atoms in total. The fourth-order valence-corrected chi connectivity index (χ4v) is 3.69. The summed E-state index contributed by atoms with van der Waals surface area (Å²) in [6.07, 6.45) is 0.